The van der Waals surface area contributed by atoms with Crippen molar-refractivity contribution in [3.63, 3.8) is 0 Å². The van der Waals surface area contributed by atoms with Gasteiger partial charge in [0.1, 0.15) is 5.75 Å². The Kier molecular flexibility index (Phi) is 3.87. The van der Waals surface area contributed by atoms with Gasteiger partial charge in [-0.1, -0.05) is 18.2 Å². The van der Waals surface area contributed by atoms with E-state index in [0.29, 0.717) is 11.5 Å². The van der Waals surface area contributed by atoms with Gasteiger partial charge in [0.05, 0.1) is 13.5 Å². The molecule has 5 heteroatoms. The van der Waals surface area contributed by atoms with E-state index in [4.69, 9.17) is 14.2 Å². The lowest BCUT2D eigenvalue weighted by Gasteiger charge is -2.17. The van der Waals surface area contributed by atoms with Crippen molar-refractivity contribution in [3.8, 4) is 17.2 Å². The highest BCUT2D eigenvalue weighted by molar-refractivity contribution is 5.69. The molecule has 2 aromatic rings. The summed E-state index contributed by atoms with van der Waals surface area (Å²) in [6, 6.07) is 13.0. The molecule has 1 aliphatic rings. The van der Waals surface area contributed by atoms with Gasteiger partial charge in [0.15, 0.2) is 11.5 Å². The van der Waals surface area contributed by atoms with E-state index in [-0.39, 0.29) is 19.1 Å². The molecule has 114 valence electrons. The van der Waals surface area contributed by atoms with Gasteiger partial charge in [-0.05, 0) is 35.4 Å². The van der Waals surface area contributed by atoms with Gasteiger partial charge in [-0.15, -0.1) is 0 Å². The maximum Gasteiger partial charge on any atom is 0.304 e. The fraction of sp³-hybridized carbons (Fsp3) is 0.235. The second kappa shape index (κ2) is 5.97. The second-order valence-corrected chi connectivity index (χ2v) is 5.04. The zero-order chi connectivity index (χ0) is 15.5. The van der Waals surface area contributed by atoms with Gasteiger partial charge in [0.2, 0.25) is 6.79 Å². The summed E-state index contributed by atoms with van der Waals surface area (Å²) < 4.78 is 15.8. The van der Waals surface area contributed by atoms with Crippen LogP contribution in [0.2, 0.25) is 0 Å². The molecule has 3 rings (SSSR count). The third-order valence-corrected chi connectivity index (χ3v) is 3.70. The van der Waals surface area contributed by atoms with E-state index in [1.54, 1.807) is 7.11 Å². The average Bonchev–Trinajstić information content (AvgIpc) is 3.00. The average molecular weight is 300 g/mol. The molecule has 0 unspecified atom stereocenters. The molecular weight excluding hydrogens is 284 g/mol. The van der Waals surface area contributed by atoms with Gasteiger partial charge in [-0.25, -0.2) is 0 Å². The molecule has 0 bridgehead atoms. The van der Waals surface area contributed by atoms with Crippen LogP contribution in [0.15, 0.2) is 42.5 Å². The van der Waals surface area contributed by atoms with Crippen LogP contribution in [0.3, 0.4) is 0 Å². The zero-order valence-electron chi connectivity index (χ0n) is 12.1. The highest BCUT2D eigenvalue weighted by atomic mass is 16.7. The largest absolute Gasteiger partial charge is 0.497 e. The molecule has 0 fully saturated rings. The minimum atomic E-state index is -0.849. The number of methoxy groups -OCH3 is 1. The minimum absolute atomic E-state index is 0.00593. The van der Waals surface area contributed by atoms with Crippen molar-refractivity contribution in [1.82, 2.24) is 0 Å². The van der Waals surface area contributed by atoms with Crippen LogP contribution in [-0.4, -0.2) is 25.0 Å². The van der Waals surface area contributed by atoms with Crippen LogP contribution in [0, 0.1) is 0 Å². The highest BCUT2D eigenvalue weighted by Gasteiger charge is 2.21. The van der Waals surface area contributed by atoms with E-state index in [2.05, 4.69) is 0 Å². The SMILES string of the molecule is COc1ccc([C@@H](CC(=O)O)c2ccc3c(c2)OCO3)cc1. The number of hydrogen-bond acceptors (Lipinski definition) is 4. The maximum absolute atomic E-state index is 11.2. The Hall–Kier alpha value is -2.69. The van der Waals surface area contributed by atoms with Crippen LogP contribution in [0.1, 0.15) is 23.5 Å². The second-order valence-electron chi connectivity index (χ2n) is 5.04. The number of benzene rings is 2. The van der Waals surface area contributed by atoms with Crippen molar-refractivity contribution in [2.24, 2.45) is 0 Å². The van der Waals surface area contributed by atoms with Crippen molar-refractivity contribution < 1.29 is 24.1 Å². The highest BCUT2D eigenvalue weighted by Crippen LogP contribution is 2.37. The number of carbonyl (C=O) groups is 1. The first kappa shape index (κ1) is 14.3. The van der Waals surface area contributed by atoms with Gasteiger partial charge in [0, 0.05) is 5.92 Å². The molecule has 0 amide bonds. The quantitative estimate of drug-likeness (QED) is 0.919. The molecule has 22 heavy (non-hydrogen) atoms. The fourth-order valence-electron chi connectivity index (χ4n) is 2.57. The monoisotopic (exact) mass is 300 g/mol. The van der Waals surface area contributed by atoms with E-state index in [1.165, 1.54) is 0 Å². The van der Waals surface area contributed by atoms with Gasteiger partial charge < -0.3 is 19.3 Å². The molecule has 0 aromatic heterocycles. The molecule has 0 saturated heterocycles. The van der Waals surface area contributed by atoms with Crippen molar-refractivity contribution in [1.29, 1.82) is 0 Å². The lowest BCUT2D eigenvalue weighted by atomic mass is 9.88. The Morgan fingerprint density at radius 3 is 2.50 bits per heavy atom. The number of hydrogen-bond donors (Lipinski definition) is 1. The molecular formula is C17H16O5. The third kappa shape index (κ3) is 2.83. The van der Waals surface area contributed by atoms with Gasteiger partial charge in [-0.3, -0.25) is 4.79 Å². The lowest BCUT2D eigenvalue weighted by molar-refractivity contribution is -0.137. The Morgan fingerprint density at radius 1 is 1.14 bits per heavy atom. The van der Waals surface area contributed by atoms with Gasteiger partial charge in [0.25, 0.3) is 0 Å². The summed E-state index contributed by atoms with van der Waals surface area (Å²) in [5, 5.41) is 9.22. The van der Waals surface area contributed by atoms with Crippen molar-refractivity contribution in [2.75, 3.05) is 13.9 Å². The van der Waals surface area contributed by atoms with Crippen LogP contribution in [0.4, 0.5) is 0 Å². The van der Waals surface area contributed by atoms with Crippen LogP contribution in [-0.2, 0) is 4.79 Å². The first-order valence-electron chi connectivity index (χ1n) is 6.92. The summed E-state index contributed by atoms with van der Waals surface area (Å²) in [4.78, 5) is 11.2. The molecule has 1 N–H and O–H groups in total. The predicted molar refractivity (Wildman–Crippen MR) is 79.7 cm³/mol. The van der Waals surface area contributed by atoms with Crippen molar-refractivity contribution in [3.05, 3.63) is 53.6 Å². The molecule has 5 nitrogen and oxygen atoms in total. The Labute approximate surface area is 128 Å². The Bertz CT molecular complexity index is 678. The molecule has 1 aliphatic heterocycles. The molecule has 1 atom stereocenters. The number of carboxylic acids is 1. The maximum atomic E-state index is 11.2. The van der Waals surface area contributed by atoms with Gasteiger partial charge >= 0.3 is 5.97 Å². The summed E-state index contributed by atoms with van der Waals surface area (Å²) in [6.45, 7) is 0.199. The molecule has 1 heterocycles. The third-order valence-electron chi connectivity index (χ3n) is 3.70. The summed E-state index contributed by atoms with van der Waals surface area (Å²) in [6.07, 6.45) is 0.00593. The van der Waals surface area contributed by atoms with E-state index in [9.17, 15) is 9.90 Å². The first-order valence-corrected chi connectivity index (χ1v) is 6.92. The van der Waals surface area contributed by atoms with E-state index in [1.807, 2.05) is 42.5 Å². The lowest BCUT2D eigenvalue weighted by Crippen LogP contribution is -2.08. The summed E-state index contributed by atoms with van der Waals surface area (Å²) in [5.74, 6) is 0.980. The summed E-state index contributed by atoms with van der Waals surface area (Å²) >= 11 is 0. The standard InChI is InChI=1S/C17H16O5/c1-20-13-5-2-11(3-6-13)14(9-17(18)19)12-4-7-15-16(8-12)22-10-21-15/h2-8,14H,9-10H2,1H3,(H,18,19)/t14-/m1/s1. The number of rotatable bonds is 5. The number of fused-ring (bicyclic) bond motifs is 1. The number of aliphatic carboxylic acids is 1. The smallest absolute Gasteiger partial charge is 0.304 e. The predicted octanol–water partition coefficient (Wildman–Crippen LogP) is 3.03. The van der Waals surface area contributed by atoms with Crippen LogP contribution in [0.25, 0.3) is 0 Å². The van der Waals surface area contributed by atoms with E-state index >= 15 is 0 Å². The van der Waals surface area contributed by atoms with Crippen molar-refractivity contribution in [2.45, 2.75) is 12.3 Å². The van der Waals surface area contributed by atoms with Crippen LogP contribution in [0.5, 0.6) is 17.2 Å². The van der Waals surface area contributed by atoms with Crippen LogP contribution >= 0.6 is 0 Å². The van der Waals surface area contributed by atoms with Crippen molar-refractivity contribution >= 4 is 5.97 Å². The molecule has 0 spiro atoms. The molecule has 0 saturated carbocycles. The van der Waals surface area contributed by atoms with Crippen LogP contribution < -0.4 is 14.2 Å². The normalized spacial score (nSPS) is 13.7. The molecule has 0 radical (unpaired) electrons. The number of ether oxygens (including phenoxy) is 3. The fourth-order valence-corrected chi connectivity index (χ4v) is 2.57. The summed E-state index contributed by atoms with van der Waals surface area (Å²) in [5.41, 5.74) is 1.80. The molecule has 0 aliphatic carbocycles. The van der Waals surface area contributed by atoms with E-state index in [0.717, 1.165) is 16.9 Å². The zero-order valence-corrected chi connectivity index (χ0v) is 12.1. The Morgan fingerprint density at radius 2 is 1.82 bits per heavy atom. The number of carboxylic acid groups (broad SMARTS) is 1. The topological polar surface area (TPSA) is 65.0 Å². The Balaban J connectivity index is 1.96. The first-order chi connectivity index (χ1) is 10.7. The van der Waals surface area contributed by atoms with E-state index < -0.39 is 5.97 Å². The van der Waals surface area contributed by atoms with Gasteiger partial charge in [-0.2, -0.15) is 0 Å². The summed E-state index contributed by atoms with van der Waals surface area (Å²) in [7, 11) is 1.60. The minimum Gasteiger partial charge on any atom is -0.497 e. The molecule has 2 aromatic carbocycles.